The van der Waals surface area contributed by atoms with Crippen LogP contribution in [-0.4, -0.2) is 95.9 Å². The summed E-state index contributed by atoms with van der Waals surface area (Å²) < 4.78 is 16.6. The number of nitrogens with two attached hydrogens (primary N) is 1. The van der Waals surface area contributed by atoms with E-state index < -0.39 is 65.9 Å². The fourth-order valence-electron chi connectivity index (χ4n) is 6.18. The van der Waals surface area contributed by atoms with Gasteiger partial charge in [0.05, 0.1) is 23.6 Å². The number of aliphatic carboxylic acids is 1. The van der Waals surface area contributed by atoms with Crippen molar-refractivity contribution in [2.75, 3.05) is 20.8 Å². The van der Waals surface area contributed by atoms with Gasteiger partial charge >= 0.3 is 12.1 Å². The smallest absolute Gasteiger partial charge is 0.405 e. The zero-order chi connectivity index (χ0) is 34.3. The van der Waals surface area contributed by atoms with Crippen molar-refractivity contribution in [2.24, 2.45) is 17.6 Å². The normalized spacial score (nSPS) is 33.4. The molecule has 13 heteroatoms. The molecule has 2 aliphatic heterocycles. The van der Waals surface area contributed by atoms with Crippen molar-refractivity contribution in [3.05, 3.63) is 58.5 Å². The Morgan fingerprint density at radius 1 is 1.11 bits per heavy atom. The summed E-state index contributed by atoms with van der Waals surface area (Å²) in [7, 11) is 2.87. The van der Waals surface area contributed by atoms with Crippen molar-refractivity contribution >= 4 is 29.5 Å². The number of aliphatic hydroxyl groups excluding tert-OH is 1. The van der Waals surface area contributed by atoms with Gasteiger partial charge in [-0.1, -0.05) is 38.2 Å². The standard InChI is InChI=1S/C33H45N3O10/c1-17-13-21-27(36-12-8-10-23(36)32(41)42)24(37)16-22(29(21)39)35-31(40)18(2)9-7-11-25(44-5)30(46-33(34)43)20(4)15-19(3)28(38)26(14-17)45-6/h7,9,11,15-17,19,23,25-26,28,30,38H,8,10,12-14H2,1-6H3,(H2,34,43)(H,35,40)(H,41,42)/b11-7-,18-9+,20-15+/t17-,19+,23?,25+,26+,28-,30+/m1/s1. The summed E-state index contributed by atoms with van der Waals surface area (Å²) in [6.07, 6.45) is 4.00. The number of Topliss-reactive ketones (excluding diaryl/α,β-unsaturated/α-hetero) is 1. The molecule has 3 rings (SSSR count). The first-order valence-corrected chi connectivity index (χ1v) is 15.3. The first-order valence-electron chi connectivity index (χ1n) is 15.3. The highest BCUT2D eigenvalue weighted by Crippen LogP contribution is 2.34. The van der Waals surface area contributed by atoms with Crippen LogP contribution in [0.2, 0.25) is 0 Å². The third-order valence-corrected chi connectivity index (χ3v) is 8.59. The maximum Gasteiger partial charge on any atom is 0.405 e. The number of carbonyl (C=O) groups excluding carboxylic acids is 4. The van der Waals surface area contributed by atoms with Crippen molar-refractivity contribution in [3.8, 4) is 0 Å². The number of likely N-dealkylation sites (tertiary alicyclic amines) is 1. The minimum atomic E-state index is -1.09. The molecular weight excluding hydrogens is 598 g/mol. The SMILES string of the molecule is CO[C@H]1/C=C\C=C(/C)C(=O)NC2=CC(=O)C(N3CCCC3C(=O)O)=C(C[C@@H](C)C[C@H](OC)[C@H](O)[C@@H](C)/C=C(\C)[C@@H]1OC(N)=O)C2=O. The molecule has 7 atom stereocenters. The molecule has 46 heavy (non-hydrogen) atoms. The summed E-state index contributed by atoms with van der Waals surface area (Å²) in [5.74, 6) is -3.70. The molecule has 2 bridgehead atoms. The molecule has 13 nitrogen and oxygen atoms in total. The molecule has 0 radical (unpaired) electrons. The van der Waals surface area contributed by atoms with E-state index in [1.165, 1.54) is 38.2 Å². The Labute approximate surface area is 268 Å². The first-order chi connectivity index (χ1) is 21.7. The van der Waals surface area contributed by atoms with Crippen molar-refractivity contribution in [1.29, 1.82) is 0 Å². The van der Waals surface area contributed by atoms with Crippen LogP contribution in [0.1, 0.15) is 53.4 Å². The summed E-state index contributed by atoms with van der Waals surface area (Å²) in [5, 5.41) is 23.7. The average molecular weight is 644 g/mol. The van der Waals surface area contributed by atoms with E-state index in [0.717, 1.165) is 6.08 Å². The van der Waals surface area contributed by atoms with Gasteiger partial charge in [0.25, 0.3) is 5.91 Å². The molecule has 2 amide bonds. The van der Waals surface area contributed by atoms with Crippen molar-refractivity contribution < 1.29 is 48.4 Å². The van der Waals surface area contributed by atoms with E-state index in [2.05, 4.69) is 5.32 Å². The molecule has 0 aromatic heterocycles. The number of allylic oxidation sites excluding steroid dienone is 4. The van der Waals surface area contributed by atoms with Crippen LogP contribution >= 0.6 is 0 Å². The van der Waals surface area contributed by atoms with Gasteiger partial charge < -0.3 is 40.4 Å². The molecule has 1 fully saturated rings. The van der Waals surface area contributed by atoms with E-state index in [4.69, 9.17) is 19.9 Å². The molecule has 1 saturated heterocycles. The molecule has 252 valence electrons. The van der Waals surface area contributed by atoms with Gasteiger partial charge in [0.1, 0.15) is 12.1 Å². The van der Waals surface area contributed by atoms with Gasteiger partial charge in [0.15, 0.2) is 6.10 Å². The van der Waals surface area contributed by atoms with Crippen LogP contribution in [0.3, 0.4) is 0 Å². The minimum Gasteiger partial charge on any atom is -0.480 e. The highest BCUT2D eigenvalue weighted by atomic mass is 16.6. The third kappa shape index (κ3) is 8.59. The number of carbonyl (C=O) groups is 5. The second kappa shape index (κ2) is 16.0. The second-order valence-electron chi connectivity index (χ2n) is 12.1. The van der Waals surface area contributed by atoms with Gasteiger partial charge in [-0.25, -0.2) is 9.59 Å². The predicted molar refractivity (Wildman–Crippen MR) is 167 cm³/mol. The second-order valence-corrected chi connectivity index (χ2v) is 12.1. The summed E-state index contributed by atoms with van der Waals surface area (Å²) in [4.78, 5) is 65.9. The molecule has 2 heterocycles. The Kier molecular flexibility index (Phi) is 12.6. The Morgan fingerprint density at radius 2 is 1.80 bits per heavy atom. The van der Waals surface area contributed by atoms with E-state index in [9.17, 15) is 34.2 Å². The molecule has 0 saturated carbocycles. The number of methoxy groups -OCH3 is 2. The lowest BCUT2D eigenvalue weighted by Gasteiger charge is -2.32. The third-order valence-electron chi connectivity index (χ3n) is 8.59. The molecular formula is C33H45N3O10. The Bertz CT molecular complexity index is 1380. The fourth-order valence-corrected chi connectivity index (χ4v) is 6.18. The van der Waals surface area contributed by atoms with Gasteiger partial charge in [-0.3, -0.25) is 14.4 Å². The number of amides is 2. The number of fused-ring (bicyclic) bond motifs is 2. The van der Waals surface area contributed by atoms with Gasteiger partial charge in [0.2, 0.25) is 11.6 Å². The summed E-state index contributed by atoms with van der Waals surface area (Å²) >= 11 is 0. The predicted octanol–water partition coefficient (Wildman–Crippen LogP) is 2.31. The molecule has 5 N–H and O–H groups in total. The molecule has 0 aromatic carbocycles. The Hall–Kier alpha value is -4.07. The van der Waals surface area contributed by atoms with Crippen LogP contribution in [0.4, 0.5) is 4.79 Å². The largest absolute Gasteiger partial charge is 0.480 e. The monoisotopic (exact) mass is 643 g/mol. The number of ketones is 2. The molecule has 0 spiro atoms. The lowest BCUT2D eigenvalue weighted by Crippen LogP contribution is -2.42. The number of primary amides is 1. The van der Waals surface area contributed by atoms with Crippen molar-refractivity contribution in [3.63, 3.8) is 0 Å². The number of carboxylic acids is 1. The van der Waals surface area contributed by atoms with Crippen LogP contribution in [0.5, 0.6) is 0 Å². The molecule has 1 unspecified atom stereocenters. The highest BCUT2D eigenvalue weighted by molar-refractivity contribution is 6.23. The number of nitrogens with zero attached hydrogens (tertiary/aromatic N) is 1. The summed E-state index contributed by atoms with van der Waals surface area (Å²) in [6.45, 7) is 7.13. The van der Waals surface area contributed by atoms with E-state index >= 15 is 0 Å². The van der Waals surface area contributed by atoms with Gasteiger partial charge in [-0.15, -0.1) is 0 Å². The lowest BCUT2D eigenvalue weighted by atomic mass is 9.84. The van der Waals surface area contributed by atoms with E-state index in [1.54, 1.807) is 26.0 Å². The van der Waals surface area contributed by atoms with Crippen LogP contribution in [0.15, 0.2) is 58.5 Å². The number of ether oxygens (including phenoxy) is 3. The number of aliphatic hydroxyl groups is 1. The van der Waals surface area contributed by atoms with Gasteiger partial charge in [0, 0.05) is 43.9 Å². The number of hydrogen-bond donors (Lipinski definition) is 4. The van der Waals surface area contributed by atoms with Gasteiger partial charge in [-0.05, 0) is 51.0 Å². The first kappa shape index (κ1) is 36.4. The van der Waals surface area contributed by atoms with Crippen molar-refractivity contribution in [2.45, 2.75) is 83.8 Å². The number of carboxylic acid groups (broad SMARTS) is 1. The Balaban J connectivity index is 2.12. The quantitative estimate of drug-likeness (QED) is 0.254. The minimum absolute atomic E-state index is 0.0216. The average Bonchev–Trinajstić information content (AvgIpc) is 3.48. The van der Waals surface area contributed by atoms with Crippen LogP contribution in [0, 0.1) is 11.8 Å². The maximum atomic E-state index is 13.9. The number of nitrogens with one attached hydrogen (secondary N) is 1. The van der Waals surface area contributed by atoms with E-state index in [-0.39, 0.29) is 41.3 Å². The molecule has 0 aromatic rings. The van der Waals surface area contributed by atoms with Crippen LogP contribution in [0.25, 0.3) is 0 Å². The van der Waals surface area contributed by atoms with Crippen LogP contribution < -0.4 is 11.1 Å². The van der Waals surface area contributed by atoms with E-state index in [0.29, 0.717) is 25.0 Å². The maximum absolute atomic E-state index is 13.9. The van der Waals surface area contributed by atoms with Crippen molar-refractivity contribution in [1.82, 2.24) is 10.2 Å². The summed E-state index contributed by atoms with van der Waals surface area (Å²) in [6, 6.07) is -0.962. The zero-order valence-corrected chi connectivity index (χ0v) is 27.1. The lowest BCUT2D eigenvalue weighted by molar-refractivity contribution is -0.141. The fraction of sp³-hybridized carbons (Fsp3) is 0.545. The highest BCUT2D eigenvalue weighted by Gasteiger charge is 2.40. The topological polar surface area (TPSA) is 195 Å². The van der Waals surface area contributed by atoms with Gasteiger partial charge in [-0.2, -0.15) is 0 Å². The number of rotatable bonds is 5. The molecule has 3 aliphatic rings. The Morgan fingerprint density at radius 3 is 2.41 bits per heavy atom. The van der Waals surface area contributed by atoms with Crippen LogP contribution in [-0.2, 0) is 33.4 Å². The zero-order valence-electron chi connectivity index (χ0n) is 27.1. The van der Waals surface area contributed by atoms with E-state index in [1.807, 2.05) is 6.92 Å². The summed E-state index contributed by atoms with van der Waals surface area (Å²) in [5.41, 5.74) is 6.00. The molecule has 1 aliphatic carbocycles. The number of hydrogen-bond acceptors (Lipinski definition) is 10.